The zero-order chi connectivity index (χ0) is 17.4. The molecule has 0 spiro atoms. The Bertz CT molecular complexity index is 877. The van der Waals surface area contributed by atoms with Crippen LogP contribution in [-0.4, -0.2) is 24.9 Å². The van der Waals surface area contributed by atoms with E-state index in [-0.39, 0.29) is 6.04 Å². The molecule has 0 saturated heterocycles. The second kappa shape index (κ2) is 6.46. The van der Waals surface area contributed by atoms with E-state index in [4.69, 9.17) is 14.5 Å². The van der Waals surface area contributed by atoms with E-state index in [9.17, 15) is 0 Å². The molecule has 25 heavy (non-hydrogen) atoms. The molecule has 0 amide bonds. The predicted molar refractivity (Wildman–Crippen MR) is 95.4 cm³/mol. The summed E-state index contributed by atoms with van der Waals surface area (Å²) in [5.41, 5.74) is 1.84. The van der Waals surface area contributed by atoms with Crippen LogP contribution in [0.3, 0.4) is 0 Å². The number of aromatic nitrogens is 5. The first-order valence-electron chi connectivity index (χ1n) is 9.07. The molecule has 132 valence electrons. The Labute approximate surface area is 146 Å². The van der Waals surface area contributed by atoms with Gasteiger partial charge >= 0.3 is 0 Å². The van der Waals surface area contributed by atoms with Gasteiger partial charge in [0.1, 0.15) is 11.6 Å². The van der Waals surface area contributed by atoms with Gasteiger partial charge in [-0.3, -0.25) is 4.68 Å². The van der Waals surface area contributed by atoms with Crippen LogP contribution in [0.5, 0.6) is 0 Å². The summed E-state index contributed by atoms with van der Waals surface area (Å²) in [7, 11) is 1.92. The van der Waals surface area contributed by atoms with E-state index in [0.29, 0.717) is 5.92 Å². The molecule has 1 fully saturated rings. The van der Waals surface area contributed by atoms with E-state index in [1.54, 1.807) is 0 Å². The van der Waals surface area contributed by atoms with Crippen LogP contribution in [0, 0.1) is 0 Å². The number of hydrogen-bond acceptors (Lipinski definition) is 6. The summed E-state index contributed by atoms with van der Waals surface area (Å²) >= 11 is 0. The highest BCUT2D eigenvalue weighted by Gasteiger charge is 2.23. The molecule has 0 aliphatic heterocycles. The van der Waals surface area contributed by atoms with Crippen LogP contribution >= 0.6 is 0 Å². The number of anilines is 1. The van der Waals surface area contributed by atoms with Gasteiger partial charge in [-0.1, -0.05) is 24.9 Å². The third-order valence-electron chi connectivity index (χ3n) is 5.05. The Morgan fingerprint density at radius 3 is 2.84 bits per heavy atom. The zero-order valence-electron chi connectivity index (χ0n) is 15.0. The monoisotopic (exact) mass is 340 g/mol. The molecule has 1 aliphatic carbocycles. The van der Waals surface area contributed by atoms with Gasteiger partial charge in [0.25, 0.3) is 0 Å². The average Bonchev–Trinajstić information content (AvgIpc) is 3.36. The molecule has 7 heteroatoms. The highest BCUT2D eigenvalue weighted by Crippen LogP contribution is 2.34. The van der Waals surface area contributed by atoms with Gasteiger partial charge in [-0.25, -0.2) is 9.97 Å². The normalized spacial score (nSPS) is 16.6. The van der Waals surface area contributed by atoms with E-state index < -0.39 is 0 Å². The molecule has 1 atom stereocenters. The average molecular weight is 340 g/mol. The van der Waals surface area contributed by atoms with Crippen molar-refractivity contribution >= 4 is 16.9 Å². The molecule has 0 radical (unpaired) electrons. The summed E-state index contributed by atoms with van der Waals surface area (Å²) in [5.74, 6) is 3.01. The van der Waals surface area contributed by atoms with E-state index in [2.05, 4.69) is 29.4 Å². The van der Waals surface area contributed by atoms with Crippen LogP contribution in [-0.2, 0) is 13.5 Å². The maximum absolute atomic E-state index is 5.46. The molecule has 0 bridgehead atoms. The molecular formula is C18H24N6O. The fraction of sp³-hybridized carbons (Fsp3) is 0.556. The predicted octanol–water partition coefficient (Wildman–Crippen LogP) is 3.74. The lowest BCUT2D eigenvalue weighted by Crippen LogP contribution is -2.11. The van der Waals surface area contributed by atoms with E-state index in [0.717, 1.165) is 40.6 Å². The van der Waals surface area contributed by atoms with Gasteiger partial charge in [0.2, 0.25) is 0 Å². The Kier molecular flexibility index (Phi) is 4.15. The van der Waals surface area contributed by atoms with Crippen molar-refractivity contribution in [3.63, 3.8) is 0 Å². The summed E-state index contributed by atoms with van der Waals surface area (Å²) in [6.45, 7) is 4.12. The summed E-state index contributed by atoms with van der Waals surface area (Å²) in [6, 6.07) is 1.97. The largest absolute Gasteiger partial charge is 0.360 e. The van der Waals surface area contributed by atoms with Crippen molar-refractivity contribution in [2.75, 3.05) is 5.32 Å². The van der Waals surface area contributed by atoms with Crippen molar-refractivity contribution in [3.8, 4) is 0 Å². The first kappa shape index (κ1) is 16.1. The Hall–Kier alpha value is -2.44. The molecule has 0 aromatic carbocycles. The van der Waals surface area contributed by atoms with E-state index in [1.807, 2.05) is 24.0 Å². The van der Waals surface area contributed by atoms with Crippen LogP contribution in [0.1, 0.15) is 68.8 Å². The van der Waals surface area contributed by atoms with E-state index >= 15 is 0 Å². The number of rotatable bonds is 5. The lowest BCUT2D eigenvalue weighted by molar-refractivity contribution is 0.368. The summed E-state index contributed by atoms with van der Waals surface area (Å²) in [6.07, 6.45) is 7.53. The number of hydrogen-bond donors (Lipinski definition) is 1. The standard InChI is InChI=1S/C18H24N6O/c1-4-13-9-15(25-23-13)11(2)20-17-14-10-19-24(3)18(14)22-16(21-17)12-7-5-6-8-12/h9-12H,4-8H2,1-3H3,(H,20,21,22). The van der Waals surface area contributed by atoms with E-state index in [1.165, 1.54) is 25.7 Å². The van der Waals surface area contributed by atoms with Crippen LogP contribution in [0.4, 0.5) is 5.82 Å². The Morgan fingerprint density at radius 2 is 2.12 bits per heavy atom. The van der Waals surface area contributed by atoms with Gasteiger partial charge < -0.3 is 9.84 Å². The van der Waals surface area contributed by atoms with Crippen LogP contribution in [0.15, 0.2) is 16.8 Å². The fourth-order valence-corrected chi connectivity index (χ4v) is 3.49. The molecule has 3 aromatic rings. The minimum Gasteiger partial charge on any atom is -0.360 e. The summed E-state index contributed by atoms with van der Waals surface area (Å²) in [5, 5.41) is 12.9. The molecule has 3 aromatic heterocycles. The van der Waals surface area contributed by atoms with Gasteiger partial charge in [0.15, 0.2) is 11.4 Å². The Balaban J connectivity index is 1.69. The SMILES string of the molecule is CCc1cc(C(C)Nc2nc(C3CCCC3)nc3c2cnn3C)on1. The van der Waals surface area contributed by atoms with Gasteiger partial charge in [-0.2, -0.15) is 5.10 Å². The molecular weight excluding hydrogens is 316 g/mol. The highest BCUT2D eigenvalue weighted by atomic mass is 16.5. The summed E-state index contributed by atoms with van der Waals surface area (Å²) < 4.78 is 7.27. The lowest BCUT2D eigenvalue weighted by Gasteiger charge is -2.15. The van der Waals surface area contributed by atoms with Crippen LogP contribution < -0.4 is 5.32 Å². The van der Waals surface area contributed by atoms with Crippen molar-refractivity contribution in [2.24, 2.45) is 7.05 Å². The first-order chi connectivity index (χ1) is 12.2. The molecule has 1 unspecified atom stereocenters. The maximum atomic E-state index is 5.46. The van der Waals surface area contributed by atoms with Gasteiger partial charge in [0.05, 0.1) is 23.3 Å². The topological polar surface area (TPSA) is 81.7 Å². The van der Waals surface area contributed by atoms with Crippen molar-refractivity contribution in [2.45, 2.75) is 57.9 Å². The smallest absolute Gasteiger partial charge is 0.163 e. The molecule has 1 N–H and O–H groups in total. The zero-order valence-corrected chi connectivity index (χ0v) is 15.0. The molecule has 1 aliphatic rings. The Morgan fingerprint density at radius 1 is 1.32 bits per heavy atom. The maximum Gasteiger partial charge on any atom is 0.163 e. The molecule has 1 saturated carbocycles. The number of nitrogens with zero attached hydrogens (tertiary/aromatic N) is 5. The number of nitrogens with one attached hydrogen (secondary N) is 1. The van der Waals surface area contributed by atoms with Gasteiger partial charge in [0, 0.05) is 19.0 Å². The third-order valence-corrected chi connectivity index (χ3v) is 5.05. The van der Waals surface area contributed by atoms with Gasteiger partial charge in [-0.15, -0.1) is 0 Å². The molecule has 3 heterocycles. The highest BCUT2D eigenvalue weighted by molar-refractivity contribution is 5.86. The van der Waals surface area contributed by atoms with Crippen LogP contribution in [0.2, 0.25) is 0 Å². The van der Waals surface area contributed by atoms with Gasteiger partial charge in [-0.05, 0) is 26.2 Å². The van der Waals surface area contributed by atoms with Crippen molar-refractivity contribution in [1.29, 1.82) is 0 Å². The lowest BCUT2D eigenvalue weighted by atomic mass is 10.1. The quantitative estimate of drug-likeness (QED) is 0.762. The summed E-state index contributed by atoms with van der Waals surface area (Å²) in [4.78, 5) is 9.64. The second-order valence-electron chi connectivity index (χ2n) is 6.86. The number of fused-ring (bicyclic) bond motifs is 1. The fourth-order valence-electron chi connectivity index (χ4n) is 3.49. The van der Waals surface area contributed by atoms with Crippen molar-refractivity contribution < 1.29 is 4.52 Å². The van der Waals surface area contributed by atoms with Crippen molar-refractivity contribution in [1.82, 2.24) is 24.9 Å². The first-order valence-corrected chi connectivity index (χ1v) is 9.07. The minimum absolute atomic E-state index is 0.0254. The van der Waals surface area contributed by atoms with Crippen LogP contribution in [0.25, 0.3) is 11.0 Å². The molecule has 4 rings (SSSR count). The molecule has 7 nitrogen and oxygen atoms in total. The van der Waals surface area contributed by atoms with Crippen molar-refractivity contribution in [3.05, 3.63) is 29.5 Å². The second-order valence-corrected chi connectivity index (χ2v) is 6.86. The minimum atomic E-state index is -0.0254. The third kappa shape index (κ3) is 2.99. The number of aryl methyl sites for hydroxylation is 2.